The van der Waals surface area contributed by atoms with Gasteiger partial charge in [0.15, 0.2) is 17.5 Å². The van der Waals surface area contributed by atoms with Crippen LogP contribution < -0.4 is 0 Å². The van der Waals surface area contributed by atoms with Crippen LogP contribution >= 0.6 is 11.3 Å². The Kier molecular flexibility index (Phi) is 10.4. The van der Waals surface area contributed by atoms with Crippen molar-refractivity contribution in [1.82, 2.24) is 15.0 Å². The number of rotatable bonds is 7. The van der Waals surface area contributed by atoms with Crippen molar-refractivity contribution in [3.05, 3.63) is 162 Å². The minimum atomic E-state index is 0.177. The van der Waals surface area contributed by atoms with Gasteiger partial charge < -0.3 is 0 Å². The SMILES string of the molecule is C=C1C[C@@H]2C[C@H](C)CC(c3ccc(-c4cc(-c5ccc6c(c5)sc5cc(C#N)ccc56)cc(-c5nc(-c6ccccc6)nc(-c6ccc(C78CC(C[C@@H](C)C7)C[C@H](C)C8)cc6)n5)c4)cc3)(C1)C2. The third-order valence-electron chi connectivity index (χ3n) is 16.3. The molecule has 0 amide bonds. The van der Waals surface area contributed by atoms with Gasteiger partial charge in [0.25, 0.3) is 0 Å². The Morgan fingerprint density at radius 3 is 1.69 bits per heavy atom. The monoisotopic (exact) mass is 890 g/mol. The molecule has 4 bridgehead atoms. The molecule has 332 valence electrons. The second kappa shape index (κ2) is 16.5. The number of nitrogens with zero attached hydrogens (tertiary/aromatic N) is 4. The van der Waals surface area contributed by atoms with E-state index in [1.165, 1.54) is 95.5 Å². The highest BCUT2D eigenvalue weighted by atomic mass is 32.1. The van der Waals surface area contributed by atoms with Crippen molar-refractivity contribution in [3.63, 3.8) is 0 Å². The zero-order chi connectivity index (χ0) is 45.4. The van der Waals surface area contributed by atoms with Gasteiger partial charge in [-0.1, -0.05) is 130 Å². The van der Waals surface area contributed by atoms with Crippen LogP contribution in [0.15, 0.2) is 146 Å². The third kappa shape index (κ3) is 7.82. The maximum absolute atomic E-state index is 9.65. The molecule has 4 nitrogen and oxygen atoms in total. The molecule has 8 aromatic rings. The maximum Gasteiger partial charge on any atom is 0.164 e. The molecule has 3 unspecified atom stereocenters. The normalized spacial score (nSPS) is 25.8. The Labute approximate surface area is 399 Å². The molecule has 0 spiro atoms. The molecule has 7 atom stereocenters. The largest absolute Gasteiger partial charge is 0.208 e. The van der Waals surface area contributed by atoms with Crippen molar-refractivity contribution in [2.24, 2.45) is 29.6 Å². The fourth-order valence-electron chi connectivity index (χ4n) is 14.1. The van der Waals surface area contributed by atoms with Crippen LogP contribution in [0.1, 0.15) is 102 Å². The quantitative estimate of drug-likeness (QED) is 0.150. The number of aromatic nitrogens is 3. The van der Waals surface area contributed by atoms with Crippen LogP contribution in [-0.4, -0.2) is 15.0 Å². The first kappa shape index (κ1) is 42.2. The van der Waals surface area contributed by atoms with E-state index in [1.54, 1.807) is 11.3 Å². The molecule has 2 aromatic heterocycles. The molecule has 0 radical (unpaired) electrons. The van der Waals surface area contributed by atoms with Crippen LogP contribution in [0.4, 0.5) is 0 Å². The predicted octanol–water partition coefficient (Wildman–Crippen LogP) is 16.6. The van der Waals surface area contributed by atoms with Gasteiger partial charge in [0.1, 0.15) is 0 Å². The van der Waals surface area contributed by atoms with E-state index < -0.39 is 0 Å². The molecule has 0 aliphatic heterocycles. The highest BCUT2D eigenvalue weighted by Crippen LogP contribution is 2.55. The summed E-state index contributed by atoms with van der Waals surface area (Å²) in [4.78, 5) is 15.8. The fourth-order valence-corrected chi connectivity index (χ4v) is 15.3. The van der Waals surface area contributed by atoms with E-state index in [2.05, 4.69) is 149 Å². The Morgan fingerprint density at radius 2 is 1.01 bits per heavy atom. The van der Waals surface area contributed by atoms with Gasteiger partial charge in [0.05, 0.1) is 11.6 Å². The van der Waals surface area contributed by atoms with Crippen LogP contribution in [0.5, 0.6) is 0 Å². The number of hydrogen-bond donors (Lipinski definition) is 0. The standard InChI is InChI=1S/C62H58N4S/c1-38-22-43-23-39(2)32-61(31-38,35-43)52-16-11-45(12-17-52)49-27-50(48-15-21-55-54-20-10-42(37-63)26-56(54)67-57(55)30-48)29-51(28-49)60-65-58(46-8-6-5-7-9-46)64-59(66-60)47-13-18-53(19-14-47)62-33-40(3)24-44(36-62)25-41(4)34-62/h5-21,26-30,39-41,43-44H,1,22-25,31-36H2,2-4H3/t39-,40-,41+,43+,44?,61?,62?/m0/s1. The fraction of sp³-hybridized carbons (Fsp3) is 0.323. The number of nitriles is 1. The molecule has 2 heterocycles. The lowest BCUT2D eigenvalue weighted by Gasteiger charge is -2.50. The first-order chi connectivity index (χ1) is 32.6. The minimum Gasteiger partial charge on any atom is -0.208 e. The smallest absolute Gasteiger partial charge is 0.164 e. The molecule has 6 aromatic carbocycles. The zero-order valence-corrected chi connectivity index (χ0v) is 39.9. The molecular weight excluding hydrogens is 833 g/mol. The third-order valence-corrected chi connectivity index (χ3v) is 17.4. The Hall–Kier alpha value is -6.22. The molecule has 4 saturated carbocycles. The first-order valence-corrected chi connectivity index (χ1v) is 25.6. The van der Waals surface area contributed by atoms with E-state index in [0.717, 1.165) is 74.1 Å². The van der Waals surface area contributed by atoms with Crippen LogP contribution in [0.25, 0.3) is 76.6 Å². The number of thiophene rings is 1. The van der Waals surface area contributed by atoms with Crippen LogP contribution in [0.3, 0.4) is 0 Å². The predicted molar refractivity (Wildman–Crippen MR) is 278 cm³/mol. The van der Waals surface area contributed by atoms with E-state index >= 15 is 0 Å². The van der Waals surface area contributed by atoms with E-state index in [4.69, 9.17) is 15.0 Å². The highest BCUT2D eigenvalue weighted by Gasteiger charge is 2.46. The molecule has 4 aliphatic carbocycles. The topological polar surface area (TPSA) is 62.5 Å². The Bertz CT molecular complexity index is 3230. The summed E-state index contributed by atoms with van der Waals surface area (Å²) in [5, 5.41) is 12.0. The average molecular weight is 891 g/mol. The average Bonchev–Trinajstić information content (AvgIpc) is 3.70. The molecule has 12 rings (SSSR count). The lowest BCUT2D eigenvalue weighted by molar-refractivity contribution is 0.0780. The summed E-state index contributed by atoms with van der Waals surface area (Å²) in [5.41, 5.74) is 12.9. The van der Waals surface area contributed by atoms with Crippen molar-refractivity contribution in [2.45, 2.75) is 95.8 Å². The molecule has 67 heavy (non-hydrogen) atoms. The van der Waals surface area contributed by atoms with E-state index in [0.29, 0.717) is 23.0 Å². The lowest BCUT2D eigenvalue weighted by Crippen LogP contribution is -2.42. The van der Waals surface area contributed by atoms with Gasteiger partial charge in [-0.25, -0.2) is 15.0 Å². The molecule has 5 heteroatoms. The highest BCUT2D eigenvalue weighted by molar-refractivity contribution is 7.25. The molecule has 4 aliphatic rings. The molecule has 4 fully saturated rings. The number of fused-ring (bicyclic) bond motifs is 7. The van der Waals surface area contributed by atoms with Gasteiger partial charge >= 0.3 is 0 Å². The van der Waals surface area contributed by atoms with Crippen molar-refractivity contribution >= 4 is 31.5 Å². The van der Waals surface area contributed by atoms with Gasteiger partial charge in [-0.15, -0.1) is 11.3 Å². The summed E-state index contributed by atoms with van der Waals surface area (Å²) in [7, 11) is 0. The number of allylic oxidation sites excluding steroid dienone is 1. The summed E-state index contributed by atoms with van der Waals surface area (Å²) in [6.45, 7) is 11.9. The molecular formula is C62H58N4S. The van der Waals surface area contributed by atoms with E-state index in [9.17, 15) is 5.26 Å². The summed E-state index contributed by atoms with van der Waals surface area (Å²) >= 11 is 1.75. The van der Waals surface area contributed by atoms with Crippen molar-refractivity contribution < 1.29 is 0 Å². The second-order valence-electron chi connectivity index (χ2n) is 21.7. The molecule has 0 N–H and O–H groups in total. The van der Waals surface area contributed by atoms with Crippen LogP contribution in [-0.2, 0) is 10.8 Å². The van der Waals surface area contributed by atoms with Crippen molar-refractivity contribution in [1.29, 1.82) is 5.26 Å². The lowest BCUT2D eigenvalue weighted by atomic mass is 9.54. The first-order valence-electron chi connectivity index (χ1n) is 24.8. The van der Waals surface area contributed by atoms with Gasteiger partial charge in [-0.3, -0.25) is 0 Å². The van der Waals surface area contributed by atoms with Crippen LogP contribution in [0.2, 0.25) is 0 Å². The van der Waals surface area contributed by atoms with E-state index in [1.807, 2.05) is 18.2 Å². The molecule has 0 saturated heterocycles. The zero-order valence-electron chi connectivity index (χ0n) is 39.1. The van der Waals surface area contributed by atoms with Gasteiger partial charge in [-0.2, -0.15) is 5.26 Å². The minimum absolute atomic E-state index is 0.177. The van der Waals surface area contributed by atoms with Gasteiger partial charge in [-0.05, 0) is 174 Å². The summed E-state index contributed by atoms with van der Waals surface area (Å²) in [6, 6.07) is 51.2. The van der Waals surface area contributed by atoms with Gasteiger partial charge in [0, 0.05) is 36.9 Å². The summed E-state index contributed by atoms with van der Waals surface area (Å²) in [6.07, 6.45) is 12.7. The Morgan fingerprint density at radius 1 is 0.507 bits per heavy atom. The van der Waals surface area contributed by atoms with Crippen molar-refractivity contribution in [2.75, 3.05) is 0 Å². The summed E-state index contributed by atoms with van der Waals surface area (Å²) < 4.78 is 2.33. The van der Waals surface area contributed by atoms with Gasteiger partial charge in [0.2, 0.25) is 0 Å². The summed E-state index contributed by atoms with van der Waals surface area (Å²) in [5.74, 6) is 5.83. The second-order valence-corrected chi connectivity index (χ2v) is 22.8. The van der Waals surface area contributed by atoms with Crippen LogP contribution in [0, 0.1) is 40.9 Å². The number of hydrogen-bond acceptors (Lipinski definition) is 5. The Balaban J connectivity index is 0.984. The van der Waals surface area contributed by atoms with Crippen molar-refractivity contribution in [3.8, 4) is 62.5 Å². The maximum atomic E-state index is 9.65. The number of benzene rings is 6. The van der Waals surface area contributed by atoms with E-state index in [-0.39, 0.29) is 10.8 Å².